The fraction of sp³-hybridized carbons (Fsp3) is 0.370. The lowest BCUT2D eigenvalue weighted by molar-refractivity contribution is -0.137. The van der Waals surface area contributed by atoms with E-state index < -0.39 is 11.7 Å². The second kappa shape index (κ2) is 10.3. The third kappa shape index (κ3) is 5.63. The summed E-state index contributed by atoms with van der Waals surface area (Å²) >= 11 is 0. The molecule has 2 aromatic carbocycles. The molecular weight excluding hydrogens is 479 g/mol. The zero-order chi connectivity index (χ0) is 26.0. The van der Waals surface area contributed by atoms with Crippen LogP contribution >= 0.6 is 0 Å². The van der Waals surface area contributed by atoms with Gasteiger partial charge in [-0.15, -0.1) is 0 Å². The number of fused-ring (bicyclic) bond motifs is 1. The molecule has 7 nitrogen and oxygen atoms in total. The molecular formula is C27H30F3N7. The highest BCUT2D eigenvalue weighted by molar-refractivity contribution is 5.85. The average Bonchev–Trinajstić information content (AvgIpc) is 3.32. The van der Waals surface area contributed by atoms with E-state index in [0.29, 0.717) is 34.5 Å². The highest BCUT2D eigenvalue weighted by Gasteiger charge is 2.30. The number of halogens is 3. The molecule has 0 atom stereocenters. The molecule has 2 aromatic heterocycles. The molecule has 1 aliphatic carbocycles. The Balaban J connectivity index is 1.49. The van der Waals surface area contributed by atoms with Gasteiger partial charge in [-0.2, -0.15) is 23.1 Å². The molecule has 0 radical (unpaired) electrons. The Hall–Kier alpha value is -3.82. The number of anilines is 4. The molecule has 2 N–H and O–H groups in total. The third-order valence-corrected chi connectivity index (χ3v) is 6.72. The van der Waals surface area contributed by atoms with Crippen LogP contribution in [0.2, 0.25) is 0 Å². The van der Waals surface area contributed by atoms with Crippen LogP contribution in [0.3, 0.4) is 0 Å². The first kappa shape index (κ1) is 24.9. The molecule has 0 aliphatic heterocycles. The van der Waals surface area contributed by atoms with E-state index in [1.807, 2.05) is 43.3 Å². The molecule has 1 aliphatic rings. The van der Waals surface area contributed by atoms with Gasteiger partial charge in [0.25, 0.3) is 0 Å². The van der Waals surface area contributed by atoms with Crippen LogP contribution in [-0.2, 0) is 12.7 Å². The zero-order valence-electron chi connectivity index (χ0n) is 20.9. The summed E-state index contributed by atoms with van der Waals surface area (Å²) in [6.45, 7) is 0.169. The first-order valence-electron chi connectivity index (χ1n) is 12.5. The topological polar surface area (TPSA) is 70.9 Å². The first-order chi connectivity index (χ1) is 17.8. The van der Waals surface area contributed by atoms with Crippen molar-refractivity contribution in [1.29, 1.82) is 0 Å². The van der Waals surface area contributed by atoms with Crippen molar-refractivity contribution >= 4 is 34.3 Å². The van der Waals surface area contributed by atoms with Gasteiger partial charge >= 0.3 is 6.18 Å². The van der Waals surface area contributed by atoms with Crippen LogP contribution < -0.4 is 15.5 Å². The number of benzene rings is 2. The molecule has 0 bridgehead atoms. The summed E-state index contributed by atoms with van der Waals surface area (Å²) in [6.07, 6.45) is 3.11. The van der Waals surface area contributed by atoms with E-state index in [1.165, 1.54) is 25.3 Å². The Morgan fingerprint density at radius 1 is 1.00 bits per heavy atom. The first-order valence-corrected chi connectivity index (χ1v) is 12.5. The Bertz CT molecular complexity index is 1370. The number of alkyl halides is 3. The van der Waals surface area contributed by atoms with Gasteiger partial charge in [0.15, 0.2) is 17.0 Å². The van der Waals surface area contributed by atoms with Gasteiger partial charge in [0.2, 0.25) is 5.95 Å². The van der Waals surface area contributed by atoms with Gasteiger partial charge in [-0.3, -0.25) is 0 Å². The maximum absolute atomic E-state index is 13.2. The highest BCUT2D eigenvalue weighted by Crippen LogP contribution is 2.33. The molecule has 0 unspecified atom stereocenters. The van der Waals surface area contributed by atoms with Crippen molar-refractivity contribution in [1.82, 2.24) is 19.5 Å². The van der Waals surface area contributed by atoms with E-state index >= 15 is 0 Å². The summed E-state index contributed by atoms with van der Waals surface area (Å²) in [5, 5.41) is 6.51. The quantitative estimate of drug-likeness (QED) is 0.286. The van der Waals surface area contributed by atoms with Gasteiger partial charge in [-0.1, -0.05) is 37.5 Å². The molecule has 1 fully saturated rings. The highest BCUT2D eigenvalue weighted by atomic mass is 19.4. The molecule has 0 saturated heterocycles. The summed E-state index contributed by atoms with van der Waals surface area (Å²) in [5.74, 6) is 0.871. The molecule has 1 saturated carbocycles. The van der Waals surface area contributed by atoms with Crippen molar-refractivity contribution in [2.75, 3.05) is 29.6 Å². The van der Waals surface area contributed by atoms with E-state index in [-0.39, 0.29) is 6.54 Å². The van der Waals surface area contributed by atoms with E-state index in [1.54, 1.807) is 12.4 Å². The molecule has 10 heteroatoms. The normalized spacial score (nSPS) is 14.6. The lowest BCUT2D eigenvalue weighted by Crippen LogP contribution is -2.13. The van der Waals surface area contributed by atoms with Crippen molar-refractivity contribution in [2.45, 2.75) is 50.9 Å². The van der Waals surface area contributed by atoms with Crippen LogP contribution in [0, 0.1) is 0 Å². The van der Waals surface area contributed by atoms with Crippen LogP contribution in [0.4, 0.5) is 36.3 Å². The Kier molecular flexibility index (Phi) is 6.90. The predicted molar refractivity (Wildman–Crippen MR) is 140 cm³/mol. The Labute approximate surface area is 213 Å². The monoisotopic (exact) mass is 509 g/mol. The second-order valence-corrected chi connectivity index (χ2v) is 9.63. The van der Waals surface area contributed by atoms with Gasteiger partial charge < -0.3 is 20.1 Å². The minimum atomic E-state index is -4.39. The van der Waals surface area contributed by atoms with E-state index in [0.717, 1.165) is 36.3 Å². The van der Waals surface area contributed by atoms with Crippen LogP contribution in [-0.4, -0.2) is 33.6 Å². The van der Waals surface area contributed by atoms with Crippen molar-refractivity contribution in [3.05, 3.63) is 66.0 Å². The lowest BCUT2D eigenvalue weighted by Gasteiger charge is -2.23. The van der Waals surface area contributed by atoms with Crippen LogP contribution in [0.5, 0.6) is 0 Å². The number of rotatable bonds is 7. The van der Waals surface area contributed by atoms with E-state index in [9.17, 15) is 13.2 Å². The van der Waals surface area contributed by atoms with Crippen LogP contribution in [0.1, 0.15) is 49.3 Å². The van der Waals surface area contributed by atoms with Crippen molar-refractivity contribution < 1.29 is 13.2 Å². The van der Waals surface area contributed by atoms with Gasteiger partial charge in [-0.25, -0.2) is 4.98 Å². The molecule has 4 aromatic rings. The largest absolute Gasteiger partial charge is 0.416 e. The maximum Gasteiger partial charge on any atom is 0.416 e. The number of nitrogens with one attached hydrogen (secondary N) is 2. The minimum absolute atomic E-state index is 0.169. The van der Waals surface area contributed by atoms with Crippen molar-refractivity contribution in [2.24, 2.45) is 0 Å². The van der Waals surface area contributed by atoms with Crippen molar-refractivity contribution in [3.63, 3.8) is 0 Å². The molecule has 0 spiro atoms. The smallest absolute Gasteiger partial charge is 0.378 e. The Morgan fingerprint density at radius 2 is 1.78 bits per heavy atom. The maximum atomic E-state index is 13.2. The van der Waals surface area contributed by atoms with Crippen LogP contribution in [0.15, 0.2) is 54.9 Å². The minimum Gasteiger partial charge on any atom is -0.378 e. The summed E-state index contributed by atoms with van der Waals surface area (Å²) < 4.78 is 41.7. The zero-order valence-corrected chi connectivity index (χ0v) is 20.9. The number of hydrogen-bond acceptors (Lipinski definition) is 6. The fourth-order valence-corrected chi connectivity index (χ4v) is 4.76. The number of aromatic nitrogens is 4. The summed E-state index contributed by atoms with van der Waals surface area (Å²) in [6, 6.07) is 13.5. The summed E-state index contributed by atoms with van der Waals surface area (Å²) in [7, 11) is 3.94. The number of nitrogens with zero attached hydrogens (tertiary/aromatic N) is 5. The lowest BCUT2D eigenvalue weighted by atomic mass is 9.95. The third-order valence-electron chi connectivity index (χ3n) is 6.72. The standard InChI is InChI=1S/C27H30F3N7/c1-36(2)22-13-7-10-20(15-22)33-26-34-24(31-16-18-8-6-9-19(14-18)27(28,29)30)23-25(35-26)37(17-32-23)21-11-4-3-5-12-21/h6-10,13-15,17,21H,3-5,11-12,16H2,1-2H3,(H2,31,33,34,35). The molecule has 2 heterocycles. The molecule has 0 amide bonds. The second-order valence-electron chi connectivity index (χ2n) is 9.63. The summed E-state index contributed by atoms with van der Waals surface area (Å²) in [4.78, 5) is 16.1. The summed E-state index contributed by atoms with van der Waals surface area (Å²) in [5.41, 5.74) is 3.00. The number of hydrogen-bond donors (Lipinski definition) is 2. The van der Waals surface area contributed by atoms with Gasteiger partial charge in [0, 0.05) is 38.1 Å². The average molecular weight is 510 g/mol. The van der Waals surface area contributed by atoms with E-state index in [2.05, 4.69) is 25.2 Å². The fourth-order valence-electron chi connectivity index (χ4n) is 4.76. The molecule has 37 heavy (non-hydrogen) atoms. The number of imidazole rings is 1. The van der Waals surface area contributed by atoms with Gasteiger partial charge in [0.05, 0.1) is 11.9 Å². The predicted octanol–water partition coefficient (Wildman–Crippen LogP) is 6.77. The van der Waals surface area contributed by atoms with Crippen molar-refractivity contribution in [3.8, 4) is 0 Å². The van der Waals surface area contributed by atoms with E-state index in [4.69, 9.17) is 4.98 Å². The SMILES string of the molecule is CN(C)c1cccc(Nc2nc(NCc3cccc(C(F)(F)F)c3)c3ncn(C4CCCCC4)c3n2)c1. The van der Waals surface area contributed by atoms with Crippen LogP contribution in [0.25, 0.3) is 11.2 Å². The van der Waals surface area contributed by atoms with Gasteiger partial charge in [-0.05, 0) is 48.7 Å². The molecule has 5 rings (SSSR count). The molecule has 194 valence electrons. The van der Waals surface area contributed by atoms with Gasteiger partial charge in [0.1, 0.15) is 0 Å². The Morgan fingerprint density at radius 3 is 2.54 bits per heavy atom.